The summed E-state index contributed by atoms with van der Waals surface area (Å²) >= 11 is 2.37. The molecule has 0 heterocycles. The van der Waals surface area contributed by atoms with Crippen molar-refractivity contribution in [2.24, 2.45) is 0 Å². The van der Waals surface area contributed by atoms with Crippen LogP contribution in [0.1, 0.15) is 41.6 Å². The van der Waals surface area contributed by atoms with Crippen LogP contribution in [0.2, 0.25) is 0 Å². The highest BCUT2D eigenvalue weighted by atomic mass is 127. The number of carbonyl (C=O) groups is 1. The van der Waals surface area contributed by atoms with E-state index >= 15 is 0 Å². The number of hydrogen-bond donors (Lipinski definition) is 1. The number of nitrogens with one attached hydrogen (secondary N) is 1. The summed E-state index contributed by atoms with van der Waals surface area (Å²) in [5, 5.41) is 2.82. The number of halogens is 2. The first-order valence-electron chi connectivity index (χ1n) is 6.25. The van der Waals surface area contributed by atoms with E-state index in [1.165, 1.54) is 23.3 Å². The fourth-order valence-electron chi connectivity index (χ4n) is 1.61. The number of hydrogen-bond acceptors (Lipinski definition) is 1. The molecule has 100 valence electrons. The SMILES string of the molecule is Cc1ccc(C(=O)NCCCCCCI)cc1F. The van der Waals surface area contributed by atoms with Crippen LogP contribution in [-0.4, -0.2) is 16.9 Å². The van der Waals surface area contributed by atoms with Gasteiger partial charge in [-0.25, -0.2) is 4.39 Å². The maximum absolute atomic E-state index is 13.3. The first-order valence-corrected chi connectivity index (χ1v) is 7.78. The molecular formula is C14H19FINO. The van der Waals surface area contributed by atoms with Crippen LogP contribution >= 0.6 is 22.6 Å². The number of amides is 1. The van der Waals surface area contributed by atoms with Gasteiger partial charge in [0.1, 0.15) is 5.82 Å². The van der Waals surface area contributed by atoms with Gasteiger partial charge in [0, 0.05) is 12.1 Å². The van der Waals surface area contributed by atoms with Gasteiger partial charge in [0.05, 0.1) is 0 Å². The van der Waals surface area contributed by atoms with Crippen molar-refractivity contribution in [1.29, 1.82) is 0 Å². The van der Waals surface area contributed by atoms with Crippen molar-refractivity contribution in [3.05, 3.63) is 35.1 Å². The Kier molecular flexibility index (Phi) is 7.23. The van der Waals surface area contributed by atoms with Gasteiger partial charge in [0.15, 0.2) is 0 Å². The number of unbranched alkanes of at least 4 members (excludes halogenated alkanes) is 3. The number of alkyl halides is 1. The van der Waals surface area contributed by atoms with Gasteiger partial charge < -0.3 is 5.32 Å². The summed E-state index contributed by atoms with van der Waals surface area (Å²) in [6, 6.07) is 4.58. The standard InChI is InChI=1S/C14H19FINO/c1-11-6-7-12(10-13(11)15)14(18)17-9-5-3-2-4-8-16/h6-7,10H,2-5,8-9H2,1H3,(H,17,18). The van der Waals surface area contributed by atoms with Crippen molar-refractivity contribution < 1.29 is 9.18 Å². The molecule has 1 N–H and O–H groups in total. The molecule has 0 bridgehead atoms. The van der Waals surface area contributed by atoms with Gasteiger partial charge in [0.2, 0.25) is 0 Å². The van der Waals surface area contributed by atoms with Crippen LogP contribution in [0.15, 0.2) is 18.2 Å². The van der Waals surface area contributed by atoms with E-state index in [-0.39, 0.29) is 11.7 Å². The Morgan fingerprint density at radius 1 is 1.28 bits per heavy atom. The lowest BCUT2D eigenvalue weighted by molar-refractivity contribution is 0.0952. The van der Waals surface area contributed by atoms with E-state index in [1.807, 2.05) is 0 Å². The summed E-state index contributed by atoms with van der Waals surface area (Å²) < 4.78 is 14.5. The van der Waals surface area contributed by atoms with Crippen LogP contribution in [0.5, 0.6) is 0 Å². The number of carbonyl (C=O) groups excluding carboxylic acids is 1. The maximum atomic E-state index is 13.3. The highest BCUT2D eigenvalue weighted by Crippen LogP contribution is 2.09. The molecule has 0 aliphatic carbocycles. The highest BCUT2D eigenvalue weighted by molar-refractivity contribution is 14.1. The second kappa shape index (κ2) is 8.45. The summed E-state index contributed by atoms with van der Waals surface area (Å²) in [4.78, 5) is 11.7. The second-order valence-electron chi connectivity index (χ2n) is 4.32. The van der Waals surface area contributed by atoms with E-state index in [2.05, 4.69) is 27.9 Å². The molecule has 18 heavy (non-hydrogen) atoms. The van der Waals surface area contributed by atoms with Crippen LogP contribution in [0.25, 0.3) is 0 Å². The largest absolute Gasteiger partial charge is 0.352 e. The average Bonchev–Trinajstić information content (AvgIpc) is 2.36. The lowest BCUT2D eigenvalue weighted by Gasteiger charge is -2.06. The molecule has 0 atom stereocenters. The van der Waals surface area contributed by atoms with Crippen LogP contribution < -0.4 is 5.32 Å². The van der Waals surface area contributed by atoms with Crippen molar-refractivity contribution in [1.82, 2.24) is 5.32 Å². The molecule has 0 unspecified atom stereocenters. The summed E-state index contributed by atoms with van der Waals surface area (Å²) in [5.41, 5.74) is 0.954. The zero-order valence-electron chi connectivity index (χ0n) is 10.6. The molecule has 0 aromatic heterocycles. The summed E-state index contributed by atoms with van der Waals surface area (Å²) in [6.07, 6.45) is 4.55. The molecule has 1 rings (SSSR count). The van der Waals surface area contributed by atoms with Gasteiger partial charge in [-0.2, -0.15) is 0 Å². The van der Waals surface area contributed by atoms with E-state index in [1.54, 1.807) is 19.1 Å². The van der Waals surface area contributed by atoms with Crippen LogP contribution in [0.4, 0.5) is 4.39 Å². The highest BCUT2D eigenvalue weighted by Gasteiger charge is 2.07. The molecular weight excluding hydrogens is 344 g/mol. The fourth-order valence-corrected chi connectivity index (χ4v) is 2.15. The summed E-state index contributed by atoms with van der Waals surface area (Å²) in [6.45, 7) is 2.35. The molecule has 0 spiro atoms. The lowest BCUT2D eigenvalue weighted by Crippen LogP contribution is -2.24. The third-order valence-electron chi connectivity index (χ3n) is 2.78. The van der Waals surface area contributed by atoms with Crippen molar-refractivity contribution in [2.45, 2.75) is 32.6 Å². The van der Waals surface area contributed by atoms with Crippen molar-refractivity contribution in [3.63, 3.8) is 0 Å². The molecule has 1 aromatic carbocycles. The first kappa shape index (κ1) is 15.4. The van der Waals surface area contributed by atoms with Crippen LogP contribution in [-0.2, 0) is 0 Å². The Labute approximate surface area is 121 Å². The molecule has 1 amide bonds. The minimum atomic E-state index is -0.329. The smallest absolute Gasteiger partial charge is 0.251 e. The zero-order chi connectivity index (χ0) is 13.4. The summed E-state index contributed by atoms with van der Waals surface area (Å²) in [7, 11) is 0. The van der Waals surface area contributed by atoms with Gasteiger partial charge in [-0.15, -0.1) is 0 Å². The van der Waals surface area contributed by atoms with Gasteiger partial charge in [0.25, 0.3) is 5.91 Å². The van der Waals surface area contributed by atoms with E-state index in [4.69, 9.17) is 0 Å². The molecule has 0 saturated carbocycles. The Morgan fingerprint density at radius 2 is 2.00 bits per heavy atom. The molecule has 0 saturated heterocycles. The lowest BCUT2D eigenvalue weighted by atomic mass is 10.1. The number of rotatable bonds is 7. The fraction of sp³-hybridized carbons (Fsp3) is 0.500. The molecule has 2 nitrogen and oxygen atoms in total. The molecule has 0 radical (unpaired) electrons. The minimum absolute atomic E-state index is 0.192. The quantitative estimate of drug-likeness (QED) is 0.445. The number of benzene rings is 1. The van der Waals surface area contributed by atoms with Crippen molar-refractivity contribution >= 4 is 28.5 Å². The normalized spacial score (nSPS) is 10.4. The third kappa shape index (κ3) is 5.33. The van der Waals surface area contributed by atoms with Gasteiger partial charge in [-0.1, -0.05) is 41.5 Å². The molecule has 1 aromatic rings. The predicted octanol–water partition coefficient (Wildman–Crippen LogP) is 3.86. The minimum Gasteiger partial charge on any atom is -0.352 e. The maximum Gasteiger partial charge on any atom is 0.251 e. The Bertz CT molecular complexity index is 395. The van der Waals surface area contributed by atoms with Crippen LogP contribution in [0.3, 0.4) is 0 Å². The van der Waals surface area contributed by atoms with E-state index in [9.17, 15) is 9.18 Å². The average molecular weight is 363 g/mol. The van der Waals surface area contributed by atoms with Crippen LogP contribution in [0, 0.1) is 12.7 Å². The summed E-state index contributed by atoms with van der Waals surface area (Å²) in [5.74, 6) is -0.521. The zero-order valence-corrected chi connectivity index (χ0v) is 12.8. The monoisotopic (exact) mass is 363 g/mol. The molecule has 0 aliphatic rings. The molecule has 4 heteroatoms. The van der Waals surface area contributed by atoms with Crippen molar-refractivity contribution in [2.75, 3.05) is 11.0 Å². The van der Waals surface area contributed by atoms with Gasteiger partial charge in [-0.3, -0.25) is 4.79 Å². The number of aryl methyl sites for hydroxylation is 1. The van der Waals surface area contributed by atoms with E-state index < -0.39 is 0 Å². The van der Waals surface area contributed by atoms with E-state index in [0.29, 0.717) is 17.7 Å². The Hall–Kier alpha value is -0.650. The van der Waals surface area contributed by atoms with Crippen molar-refractivity contribution in [3.8, 4) is 0 Å². The van der Waals surface area contributed by atoms with Gasteiger partial charge >= 0.3 is 0 Å². The first-order chi connectivity index (χ1) is 8.65. The van der Waals surface area contributed by atoms with E-state index in [0.717, 1.165) is 12.8 Å². The topological polar surface area (TPSA) is 29.1 Å². The molecule has 0 aliphatic heterocycles. The Morgan fingerprint density at radius 3 is 2.67 bits per heavy atom. The third-order valence-corrected chi connectivity index (χ3v) is 3.54. The predicted molar refractivity (Wildman–Crippen MR) is 80.8 cm³/mol. The Balaban J connectivity index is 2.30. The molecule has 0 fully saturated rings. The second-order valence-corrected chi connectivity index (χ2v) is 5.40. The van der Waals surface area contributed by atoms with Gasteiger partial charge in [-0.05, 0) is 41.9 Å².